The van der Waals surface area contributed by atoms with Gasteiger partial charge in [0.25, 0.3) is 0 Å². The van der Waals surface area contributed by atoms with E-state index in [1.165, 1.54) is 19.2 Å². The van der Waals surface area contributed by atoms with E-state index < -0.39 is 10.0 Å². The third-order valence-corrected chi connectivity index (χ3v) is 4.36. The summed E-state index contributed by atoms with van der Waals surface area (Å²) in [6.07, 6.45) is 0. The summed E-state index contributed by atoms with van der Waals surface area (Å²) in [5, 5.41) is 11.1. The van der Waals surface area contributed by atoms with Crippen molar-refractivity contribution in [2.45, 2.75) is 18.4 Å². The van der Waals surface area contributed by atoms with Crippen LogP contribution in [0.3, 0.4) is 0 Å². The molecule has 108 valence electrons. The Kier molecular flexibility index (Phi) is 4.26. The second kappa shape index (κ2) is 5.78. The first-order valence-corrected chi connectivity index (χ1v) is 8.18. The van der Waals surface area contributed by atoms with E-state index in [1.807, 2.05) is 12.3 Å². The predicted octanol–water partition coefficient (Wildman–Crippen LogP) is 1.72. The van der Waals surface area contributed by atoms with Crippen LogP contribution in [0.4, 0.5) is 5.69 Å². The number of nitrogens with two attached hydrogens (primary N) is 1. The van der Waals surface area contributed by atoms with Gasteiger partial charge in [0.15, 0.2) is 0 Å². The Morgan fingerprint density at radius 2 is 2.20 bits per heavy atom. The number of methoxy groups -OCH3 is 1. The Labute approximate surface area is 121 Å². The molecule has 0 aliphatic carbocycles. The summed E-state index contributed by atoms with van der Waals surface area (Å²) in [4.78, 5) is 4.36. The minimum atomic E-state index is -3.74. The van der Waals surface area contributed by atoms with E-state index >= 15 is 0 Å². The van der Waals surface area contributed by atoms with Gasteiger partial charge >= 0.3 is 0 Å². The minimum absolute atomic E-state index is 0.0373. The van der Waals surface area contributed by atoms with Crippen LogP contribution in [-0.2, 0) is 16.6 Å². The molecule has 1 heterocycles. The van der Waals surface area contributed by atoms with Crippen LogP contribution in [0, 0.1) is 6.92 Å². The van der Waals surface area contributed by atoms with Gasteiger partial charge in [0.05, 0.1) is 34.9 Å². The van der Waals surface area contributed by atoms with Gasteiger partial charge in [-0.1, -0.05) is 0 Å². The molecule has 0 atom stereocenters. The maximum atomic E-state index is 11.4. The molecule has 0 fully saturated rings. The first-order valence-electron chi connectivity index (χ1n) is 5.76. The molecule has 3 N–H and O–H groups in total. The van der Waals surface area contributed by atoms with Crippen molar-refractivity contribution >= 4 is 27.0 Å². The maximum Gasteiger partial charge on any atom is 0.238 e. The van der Waals surface area contributed by atoms with Crippen LogP contribution >= 0.6 is 11.3 Å². The van der Waals surface area contributed by atoms with Gasteiger partial charge in [0, 0.05) is 5.38 Å². The summed E-state index contributed by atoms with van der Waals surface area (Å²) in [5.41, 5.74) is 1.44. The van der Waals surface area contributed by atoms with E-state index in [1.54, 1.807) is 17.4 Å². The molecule has 0 saturated carbocycles. The smallest absolute Gasteiger partial charge is 0.238 e. The molecular formula is C12H15N3O3S2. The Morgan fingerprint density at radius 3 is 2.75 bits per heavy atom. The fourth-order valence-corrected chi connectivity index (χ4v) is 2.83. The standard InChI is InChI=1S/C12H15N3O3S2/c1-8-15-9(7-19-8)6-14-11-5-10(20(13,16)17)3-4-12(11)18-2/h3-5,7,14H,6H2,1-2H3,(H2,13,16,17). The van der Waals surface area contributed by atoms with E-state index in [0.717, 1.165) is 10.7 Å². The summed E-state index contributed by atoms with van der Waals surface area (Å²) in [6, 6.07) is 4.42. The molecule has 0 radical (unpaired) electrons. The number of sulfonamides is 1. The Bertz CT molecular complexity index is 710. The van der Waals surface area contributed by atoms with Crippen molar-refractivity contribution in [2.75, 3.05) is 12.4 Å². The van der Waals surface area contributed by atoms with Gasteiger partial charge in [-0.05, 0) is 25.1 Å². The molecule has 20 heavy (non-hydrogen) atoms. The fourth-order valence-electron chi connectivity index (χ4n) is 1.68. The lowest BCUT2D eigenvalue weighted by molar-refractivity contribution is 0.416. The molecule has 1 aromatic carbocycles. The molecule has 0 saturated heterocycles. The highest BCUT2D eigenvalue weighted by Gasteiger charge is 2.12. The van der Waals surface area contributed by atoms with Crippen LogP contribution in [0.15, 0.2) is 28.5 Å². The Balaban J connectivity index is 2.24. The molecular weight excluding hydrogens is 298 g/mol. The van der Waals surface area contributed by atoms with Crippen LogP contribution in [-0.4, -0.2) is 20.5 Å². The molecule has 6 nitrogen and oxygen atoms in total. The highest BCUT2D eigenvalue weighted by atomic mass is 32.2. The van der Waals surface area contributed by atoms with Crippen LogP contribution in [0.1, 0.15) is 10.7 Å². The molecule has 8 heteroatoms. The van der Waals surface area contributed by atoms with Gasteiger partial charge in [-0.15, -0.1) is 11.3 Å². The number of aromatic nitrogens is 1. The number of hydrogen-bond donors (Lipinski definition) is 2. The number of aryl methyl sites for hydroxylation is 1. The second-order valence-corrected chi connectivity index (χ2v) is 6.74. The van der Waals surface area contributed by atoms with Crippen molar-refractivity contribution in [2.24, 2.45) is 5.14 Å². The van der Waals surface area contributed by atoms with Crippen molar-refractivity contribution < 1.29 is 13.2 Å². The molecule has 0 aliphatic heterocycles. The highest BCUT2D eigenvalue weighted by molar-refractivity contribution is 7.89. The average Bonchev–Trinajstić information content (AvgIpc) is 2.80. The molecule has 0 spiro atoms. The highest BCUT2D eigenvalue weighted by Crippen LogP contribution is 2.27. The van der Waals surface area contributed by atoms with Gasteiger partial charge in [-0.25, -0.2) is 18.5 Å². The van der Waals surface area contributed by atoms with Crippen molar-refractivity contribution in [1.29, 1.82) is 0 Å². The lowest BCUT2D eigenvalue weighted by atomic mass is 10.3. The van der Waals surface area contributed by atoms with Crippen LogP contribution in [0.2, 0.25) is 0 Å². The van der Waals surface area contributed by atoms with Gasteiger partial charge in [-0.2, -0.15) is 0 Å². The lowest BCUT2D eigenvalue weighted by Gasteiger charge is -2.11. The summed E-state index contributed by atoms with van der Waals surface area (Å²) >= 11 is 1.56. The number of nitrogens with one attached hydrogen (secondary N) is 1. The third-order valence-electron chi connectivity index (χ3n) is 2.63. The first-order chi connectivity index (χ1) is 9.40. The molecule has 2 aromatic rings. The van der Waals surface area contributed by atoms with Crippen LogP contribution < -0.4 is 15.2 Å². The van der Waals surface area contributed by atoms with E-state index in [2.05, 4.69) is 10.3 Å². The number of nitrogens with zero attached hydrogens (tertiary/aromatic N) is 1. The number of primary sulfonamides is 1. The van der Waals surface area contributed by atoms with Crippen molar-refractivity contribution in [3.05, 3.63) is 34.3 Å². The Hall–Kier alpha value is -1.64. The molecule has 2 rings (SSSR count). The predicted molar refractivity (Wildman–Crippen MR) is 78.5 cm³/mol. The number of thiazole rings is 1. The summed E-state index contributed by atoms with van der Waals surface area (Å²) in [7, 11) is -2.22. The zero-order valence-corrected chi connectivity index (χ0v) is 12.7. The van der Waals surface area contributed by atoms with Crippen LogP contribution in [0.25, 0.3) is 0 Å². The SMILES string of the molecule is COc1ccc(S(N)(=O)=O)cc1NCc1csc(C)n1. The van der Waals surface area contributed by atoms with Gasteiger partial charge < -0.3 is 10.1 Å². The van der Waals surface area contributed by atoms with E-state index in [0.29, 0.717) is 18.0 Å². The zero-order valence-electron chi connectivity index (χ0n) is 11.1. The summed E-state index contributed by atoms with van der Waals surface area (Å²) < 4.78 is 27.9. The first kappa shape index (κ1) is 14.8. The molecule has 0 amide bonds. The van der Waals surface area contributed by atoms with E-state index in [4.69, 9.17) is 9.88 Å². The number of hydrogen-bond acceptors (Lipinski definition) is 6. The molecule has 1 aromatic heterocycles. The topological polar surface area (TPSA) is 94.3 Å². The summed E-state index contributed by atoms with van der Waals surface area (Å²) in [5.74, 6) is 0.546. The zero-order chi connectivity index (χ0) is 14.8. The summed E-state index contributed by atoms with van der Waals surface area (Å²) in [6.45, 7) is 2.41. The lowest BCUT2D eigenvalue weighted by Crippen LogP contribution is -2.13. The maximum absolute atomic E-state index is 11.4. The van der Waals surface area contributed by atoms with Crippen molar-refractivity contribution in [3.63, 3.8) is 0 Å². The monoisotopic (exact) mass is 313 g/mol. The number of anilines is 1. The van der Waals surface area contributed by atoms with Gasteiger partial charge in [0.2, 0.25) is 10.0 Å². The molecule has 0 aliphatic rings. The molecule has 0 unspecified atom stereocenters. The van der Waals surface area contributed by atoms with E-state index in [-0.39, 0.29) is 4.90 Å². The van der Waals surface area contributed by atoms with E-state index in [9.17, 15) is 8.42 Å². The number of benzene rings is 1. The Morgan fingerprint density at radius 1 is 1.45 bits per heavy atom. The average molecular weight is 313 g/mol. The number of rotatable bonds is 5. The van der Waals surface area contributed by atoms with Crippen molar-refractivity contribution in [1.82, 2.24) is 4.98 Å². The molecule has 0 bridgehead atoms. The van der Waals surface area contributed by atoms with Crippen LogP contribution in [0.5, 0.6) is 5.75 Å². The second-order valence-electron chi connectivity index (χ2n) is 4.12. The van der Waals surface area contributed by atoms with Gasteiger partial charge in [-0.3, -0.25) is 0 Å². The quantitative estimate of drug-likeness (QED) is 0.876. The minimum Gasteiger partial charge on any atom is -0.495 e. The van der Waals surface area contributed by atoms with Crippen molar-refractivity contribution in [3.8, 4) is 5.75 Å². The van der Waals surface area contributed by atoms with Gasteiger partial charge in [0.1, 0.15) is 5.75 Å². The third kappa shape index (κ3) is 3.47. The number of ether oxygens (including phenoxy) is 1. The fraction of sp³-hybridized carbons (Fsp3) is 0.250. The largest absolute Gasteiger partial charge is 0.495 e. The normalized spacial score (nSPS) is 11.3.